The number of carboxylic acids is 1. The van der Waals surface area contributed by atoms with Gasteiger partial charge in [-0.25, -0.2) is 4.79 Å². The van der Waals surface area contributed by atoms with Crippen LogP contribution in [-0.4, -0.2) is 16.2 Å². The Bertz CT molecular complexity index is 338. The van der Waals surface area contributed by atoms with Gasteiger partial charge >= 0.3 is 5.97 Å². The highest BCUT2D eigenvalue weighted by molar-refractivity contribution is 6.31. The molecular formula is C7H6ClNO3. The molecule has 0 fully saturated rings. The SMILES string of the molecule is Nc1c(O)cc(Cl)cc1C(=O)O. The summed E-state index contributed by atoms with van der Waals surface area (Å²) in [6.45, 7) is 0. The number of phenols is 1. The van der Waals surface area contributed by atoms with E-state index < -0.39 is 5.97 Å². The predicted octanol–water partition coefficient (Wildman–Crippen LogP) is 1.33. The molecule has 0 spiro atoms. The molecule has 0 aliphatic rings. The first-order chi connectivity index (χ1) is 5.52. The lowest BCUT2D eigenvalue weighted by Crippen LogP contribution is -2.02. The molecule has 0 heterocycles. The van der Waals surface area contributed by atoms with Crippen LogP contribution in [0.25, 0.3) is 0 Å². The lowest BCUT2D eigenvalue weighted by molar-refractivity contribution is 0.0697. The number of benzene rings is 1. The molecule has 0 unspecified atom stereocenters. The minimum atomic E-state index is -1.22. The molecule has 1 aromatic rings. The van der Waals surface area contributed by atoms with Crippen molar-refractivity contribution in [3.63, 3.8) is 0 Å². The van der Waals surface area contributed by atoms with Crippen LogP contribution in [0.3, 0.4) is 0 Å². The summed E-state index contributed by atoms with van der Waals surface area (Å²) in [7, 11) is 0. The summed E-state index contributed by atoms with van der Waals surface area (Å²) >= 11 is 5.49. The Morgan fingerprint density at radius 1 is 1.50 bits per heavy atom. The Morgan fingerprint density at radius 2 is 2.08 bits per heavy atom. The van der Waals surface area contributed by atoms with Gasteiger partial charge in [-0.15, -0.1) is 0 Å². The van der Waals surface area contributed by atoms with Crippen molar-refractivity contribution in [2.45, 2.75) is 0 Å². The topological polar surface area (TPSA) is 83.5 Å². The number of nitrogens with two attached hydrogens (primary N) is 1. The third kappa shape index (κ3) is 1.43. The second kappa shape index (κ2) is 2.91. The highest BCUT2D eigenvalue weighted by Crippen LogP contribution is 2.28. The van der Waals surface area contributed by atoms with Gasteiger partial charge < -0.3 is 15.9 Å². The molecule has 0 radical (unpaired) electrons. The van der Waals surface area contributed by atoms with Crippen molar-refractivity contribution in [1.82, 2.24) is 0 Å². The first kappa shape index (κ1) is 8.67. The molecule has 0 saturated carbocycles. The van der Waals surface area contributed by atoms with Gasteiger partial charge in [-0.3, -0.25) is 0 Å². The normalized spacial score (nSPS) is 9.75. The summed E-state index contributed by atoms with van der Waals surface area (Å²) in [6.07, 6.45) is 0. The number of hydrogen-bond donors (Lipinski definition) is 3. The monoisotopic (exact) mass is 187 g/mol. The molecule has 0 atom stereocenters. The van der Waals surface area contributed by atoms with E-state index in [-0.39, 0.29) is 22.0 Å². The van der Waals surface area contributed by atoms with Gasteiger partial charge in [-0.05, 0) is 6.07 Å². The highest BCUT2D eigenvalue weighted by Gasteiger charge is 2.12. The molecule has 0 aromatic heterocycles. The fourth-order valence-corrected chi connectivity index (χ4v) is 0.993. The standard InChI is InChI=1S/C7H6ClNO3/c8-3-1-4(7(11)12)6(9)5(10)2-3/h1-2,10H,9H2,(H,11,12). The van der Waals surface area contributed by atoms with E-state index in [0.717, 1.165) is 0 Å². The van der Waals surface area contributed by atoms with Gasteiger partial charge in [0.1, 0.15) is 5.75 Å². The van der Waals surface area contributed by atoms with Gasteiger partial charge in [0.15, 0.2) is 0 Å². The Kier molecular flexibility index (Phi) is 2.10. The van der Waals surface area contributed by atoms with Gasteiger partial charge in [0.2, 0.25) is 0 Å². The van der Waals surface area contributed by atoms with Crippen molar-refractivity contribution in [3.05, 3.63) is 22.7 Å². The molecule has 0 aliphatic heterocycles. The number of halogens is 1. The van der Waals surface area contributed by atoms with Crippen LogP contribution in [0.4, 0.5) is 5.69 Å². The molecule has 4 nitrogen and oxygen atoms in total. The molecule has 5 heteroatoms. The van der Waals surface area contributed by atoms with E-state index in [2.05, 4.69) is 0 Å². The second-order valence-electron chi connectivity index (χ2n) is 2.19. The maximum atomic E-state index is 10.5. The van der Waals surface area contributed by atoms with Gasteiger partial charge in [0, 0.05) is 11.1 Å². The molecule has 0 aliphatic carbocycles. The molecule has 64 valence electrons. The van der Waals surface area contributed by atoms with E-state index in [1.807, 2.05) is 0 Å². The highest BCUT2D eigenvalue weighted by atomic mass is 35.5. The predicted molar refractivity (Wildman–Crippen MR) is 44.5 cm³/mol. The van der Waals surface area contributed by atoms with Gasteiger partial charge in [0.25, 0.3) is 0 Å². The van der Waals surface area contributed by atoms with Crippen LogP contribution in [-0.2, 0) is 0 Å². The number of hydrogen-bond acceptors (Lipinski definition) is 3. The lowest BCUT2D eigenvalue weighted by atomic mass is 10.1. The van der Waals surface area contributed by atoms with Gasteiger partial charge in [-0.2, -0.15) is 0 Å². The maximum absolute atomic E-state index is 10.5. The van der Waals surface area contributed by atoms with E-state index in [9.17, 15) is 4.79 Å². The zero-order chi connectivity index (χ0) is 9.30. The Balaban J connectivity index is 3.37. The summed E-state index contributed by atoms with van der Waals surface area (Å²) in [5.41, 5.74) is 4.89. The van der Waals surface area contributed by atoms with Crippen molar-refractivity contribution >= 4 is 23.3 Å². The Morgan fingerprint density at radius 3 is 2.58 bits per heavy atom. The first-order valence-electron chi connectivity index (χ1n) is 3.03. The third-order valence-corrected chi connectivity index (χ3v) is 1.57. The van der Waals surface area contributed by atoms with Crippen LogP contribution >= 0.6 is 11.6 Å². The number of carboxylic acid groups (broad SMARTS) is 1. The summed E-state index contributed by atoms with van der Waals surface area (Å²) in [5, 5.41) is 17.8. The largest absolute Gasteiger partial charge is 0.506 e. The third-order valence-electron chi connectivity index (χ3n) is 1.35. The number of aromatic carboxylic acids is 1. The minimum absolute atomic E-state index is 0.138. The van der Waals surface area contributed by atoms with Crippen molar-refractivity contribution in [3.8, 4) is 5.75 Å². The molecule has 12 heavy (non-hydrogen) atoms. The van der Waals surface area contributed by atoms with Crippen molar-refractivity contribution in [2.24, 2.45) is 0 Å². The number of phenolic OH excluding ortho intramolecular Hbond substituents is 1. The fourth-order valence-electron chi connectivity index (χ4n) is 0.781. The Hall–Kier alpha value is -1.42. The van der Waals surface area contributed by atoms with Gasteiger partial charge in [-0.1, -0.05) is 11.6 Å². The molecule has 1 rings (SSSR count). The van der Waals surface area contributed by atoms with Crippen LogP contribution in [0.15, 0.2) is 12.1 Å². The fraction of sp³-hybridized carbons (Fsp3) is 0. The molecule has 0 saturated heterocycles. The molecule has 1 aromatic carbocycles. The summed E-state index contributed by atoms with van der Waals surface area (Å²) in [5.74, 6) is -1.54. The number of nitrogen functional groups attached to an aromatic ring is 1. The quantitative estimate of drug-likeness (QED) is 0.458. The van der Waals surface area contributed by atoms with Crippen LogP contribution in [0, 0.1) is 0 Å². The van der Waals surface area contributed by atoms with E-state index in [1.165, 1.54) is 12.1 Å². The Labute approximate surface area is 73.2 Å². The van der Waals surface area contributed by atoms with Crippen LogP contribution < -0.4 is 5.73 Å². The van der Waals surface area contributed by atoms with E-state index in [1.54, 1.807) is 0 Å². The minimum Gasteiger partial charge on any atom is -0.506 e. The first-order valence-corrected chi connectivity index (χ1v) is 3.41. The lowest BCUT2D eigenvalue weighted by Gasteiger charge is -2.03. The van der Waals surface area contributed by atoms with E-state index in [4.69, 9.17) is 27.5 Å². The summed E-state index contributed by atoms with van der Waals surface area (Å²) in [6, 6.07) is 2.36. The average Bonchev–Trinajstić information content (AvgIpc) is 1.96. The van der Waals surface area contributed by atoms with Crippen molar-refractivity contribution < 1.29 is 15.0 Å². The number of aromatic hydroxyl groups is 1. The average molecular weight is 188 g/mol. The molecular weight excluding hydrogens is 182 g/mol. The van der Waals surface area contributed by atoms with E-state index >= 15 is 0 Å². The molecule has 0 bridgehead atoms. The van der Waals surface area contributed by atoms with Crippen molar-refractivity contribution in [1.29, 1.82) is 0 Å². The molecule has 4 N–H and O–H groups in total. The number of carbonyl (C=O) groups is 1. The zero-order valence-corrected chi connectivity index (χ0v) is 6.67. The van der Waals surface area contributed by atoms with E-state index in [0.29, 0.717) is 0 Å². The summed E-state index contributed by atoms with van der Waals surface area (Å²) in [4.78, 5) is 10.5. The van der Waals surface area contributed by atoms with Crippen LogP contribution in [0.2, 0.25) is 5.02 Å². The van der Waals surface area contributed by atoms with Crippen LogP contribution in [0.1, 0.15) is 10.4 Å². The molecule has 0 amide bonds. The number of rotatable bonds is 1. The smallest absolute Gasteiger partial charge is 0.337 e. The summed E-state index contributed by atoms with van der Waals surface area (Å²) < 4.78 is 0. The van der Waals surface area contributed by atoms with Crippen molar-refractivity contribution in [2.75, 3.05) is 5.73 Å². The maximum Gasteiger partial charge on any atom is 0.337 e. The van der Waals surface area contributed by atoms with Gasteiger partial charge in [0.05, 0.1) is 11.3 Å². The second-order valence-corrected chi connectivity index (χ2v) is 2.63. The zero-order valence-electron chi connectivity index (χ0n) is 5.91. The van der Waals surface area contributed by atoms with Crippen LogP contribution in [0.5, 0.6) is 5.75 Å². The number of anilines is 1.